The fourth-order valence-electron chi connectivity index (χ4n) is 7.78. The maximum atomic E-state index is 14.9. The van der Waals surface area contributed by atoms with E-state index in [0.29, 0.717) is 23.0 Å². The van der Waals surface area contributed by atoms with E-state index in [0.717, 1.165) is 22.3 Å². The molecule has 1 aliphatic carbocycles. The molecule has 0 spiro atoms. The van der Waals surface area contributed by atoms with Gasteiger partial charge < -0.3 is 28.7 Å². The van der Waals surface area contributed by atoms with Crippen LogP contribution in [0.5, 0.6) is 23.0 Å². The molecule has 10 heteroatoms. The number of ether oxygens (including phenoxy) is 4. The number of carbonyl (C=O) groups is 4. The van der Waals surface area contributed by atoms with Crippen molar-refractivity contribution in [2.45, 2.75) is 39.1 Å². The molecule has 316 valence electrons. The Labute approximate surface area is 362 Å². The lowest BCUT2D eigenvalue weighted by Gasteiger charge is -2.49. The van der Waals surface area contributed by atoms with Crippen molar-refractivity contribution < 1.29 is 38.1 Å². The zero-order valence-electron chi connectivity index (χ0n) is 35.2. The zero-order chi connectivity index (χ0) is 43.6. The van der Waals surface area contributed by atoms with Crippen molar-refractivity contribution in [2.24, 2.45) is 23.7 Å². The van der Waals surface area contributed by atoms with Gasteiger partial charge in [0, 0.05) is 14.1 Å². The van der Waals surface area contributed by atoms with E-state index in [-0.39, 0.29) is 13.2 Å². The van der Waals surface area contributed by atoms with Gasteiger partial charge in [0.1, 0.15) is 36.2 Å². The molecule has 10 nitrogen and oxygen atoms in total. The molecule has 6 aromatic carbocycles. The van der Waals surface area contributed by atoms with Gasteiger partial charge in [0.2, 0.25) is 11.8 Å². The van der Waals surface area contributed by atoms with Gasteiger partial charge in [-0.25, -0.2) is 0 Å². The number of esters is 2. The first-order chi connectivity index (χ1) is 30.1. The second-order valence-corrected chi connectivity index (χ2v) is 15.5. The third kappa shape index (κ3) is 10.0. The quantitative estimate of drug-likeness (QED) is 0.0887. The van der Waals surface area contributed by atoms with Crippen molar-refractivity contribution in [2.75, 3.05) is 14.1 Å². The van der Waals surface area contributed by atoms with Crippen molar-refractivity contribution >= 4 is 23.8 Å². The molecule has 0 saturated heterocycles. The average Bonchev–Trinajstić information content (AvgIpc) is 3.30. The maximum absolute atomic E-state index is 14.9. The third-order valence-corrected chi connectivity index (χ3v) is 11.7. The first kappa shape index (κ1) is 42.9. The van der Waals surface area contributed by atoms with Crippen LogP contribution in [0, 0.1) is 23.7 Å². The van der Waals surface area contributed by atoms with Gasteiger partial charge in [-0.05, 0) is 84.6 Å². The topological polar surface area (TPSA) is 112 Å². The molecule has 1 saturated carbocycles. The summed E-state index contributed by atoms with van der Waals surface area (Å²) in [5, 5.41) is 0. The van der Waals surface area contributed by atoms with E-state index in [2.05, 4.69) is 0 Å². The highest BCUT2D eigenvalue weighted by atomic mass is 16.5. The number of nitrogens with zero attached hydrogens (tertiary/aromatic N) is 2. The highest BCUT2D eigenvalue weighted by Gasteiger charge is 2.65. The van der Waals surface area contributed by atoms with Crippen LogP contribution in [0.15, 0.2) is 170 Å². The predicted octanol–water partition coefficient (Wildman–Crippen LogP) is 9.98. The van der Waals surface area contributed by atoms with E-state index < -0.39 is 59.5 Å². The van der Waals surface area contributed by atoms with E-state index in [9.17, 15) is 19.2 Å². The van der Waals surface area contributed by atoms with Gasteiger partial charge in [-0.2, -0.15) is 0 Å². The molecule has 0 N–H and O–H groups in total. The maximum Gasteiger partial charge on any atom is 0.311 e. The minimum atomic E-state index is -1.29. The van der Waals surface area contributed by atoms with Crippen LogP contribution >= 0.6 is 0 Å². The van der Waals surface area contributed by atoms with Crippen LogP contribution in [0.25, 0.3) is 0 Å². The second kappa shape index (κ2) is 19.9. The third-order valence-electron chi connectivity index (χ3n) is 11.7. The lowest BCUT2D eigenvalue weighted by molar-refractivity contribution is -0.193. The summed E-state index contributed by atoms with van der Waals surface area (Å²) in [5.41, 5.74) is 3.07. The summed E-state index contributed by atoms with van der Waals surface area (Å²) in [6, 6.07) is 50.9. The number of para-hydroxylation sites is 2. The van der Waals surface area contributed by atoms with Crippen molar-refractivity contribution in [1.82, 2.24) is 9.80 Å². The number of hydrogen-bond donors (Lipinski definition) is 0. The van der Waals surface area contributed by atoms with Gasteiger partial charge >= 0.3 is 11.9 Å². The molecule has 7 rings (SSSR count). The lowest BCUT2D eigenvalue weighted by atomic mass is 9.55. The van der Waals surface area contributed by atoms with Crippen LogP contribution < -0.4 is 9.47 Å². The van der Waals surface area contributed by atoms with E-state index in [1.165, 1.54) is 9.80 Å². The number of carbonyl (C=O) groups excluding carboxylic acids is 4. The van der Waals surface area contributed by atoms with Crippen LogP contribution in [-0.2, 0) is 41.9 Å². The number of rotatable bonds is 16. The van der Waals surface area contributed by atoms with Gasteiger partial charge in [0.15, 0.2) is 0 Å². The van der Waals surface area contributed by atoms with Crippen LogP contribution in [0.2, 0.25) is 0 Å². The Morgan fingerprint density at radius 2 is 0.710 bits per heavy atom. The molecular formula is C52H50N2O8. The summed E-state index contributed by atoms with van der Waals surface area (Å²) < 4.78 is 23.6. The molecule has 62 heavy (non-hydrogen) atoms. The first-order valence-corrected chi connectivity index (χ1v) is 20.7. The molecule has 0 heterocycles. The van der Waals surface area contributed by atoms with Crippen molar-refractivity contribution in [3.63, 3.8) is 0 Å². The van der Waals surface area contributed by atoms with Crippen LogP contribution in [0.1, 0.15) is 48.2 Å². The highest BCUT2D eigenvalue weighted by molar-refractivity contribution is 6.00. The van der Waals surface area contributed by atoms with Gasteiger partial charge in [-0.15, -0.1) is 0 Å². The Balaban J connectivity index is 1.17. The average molecular weight is 831 g/mol. The minimum Gasteiger partial charge on any atom is -0.461 e. The largest absolute Gasteiger partial charge is 0.461 e. The summed E-state index contributed by atoms with van der Waals surface area (Å²) in [5.74, 6) is -4.88. The van der Waals surface area contributed by atoms with Crippen molar-refractivity contribution in [3.05, 3.63) is 192 Å². The fourth-order valence-corrected chi connectivity index (χ4v) is 7.78. The van der Waals surface area contributed by atoms with Gasteiger partial charge in [-0.1, -0.05) is 121 Å². The van der Waals surface area contributed by atoms with Crippen molar-refractivity contribution in [1.29, 1.82) is 0 Å². The van der Waals surface area contributed by atoms with E-state index in [1.54, 1.807) is 14.1 Å². The molecule has 0 aliphatic heterocycles. The Kier molecular flexibility index (Phi) is 13.8. The molecule has 6 aromatic rings. The van der Waals surface area contributed by atoms with Crippen molar-refractivity contribution in [3.8, 4) is 23.0 Å². The normalized spacial score (nSPS) is 17.6. The Bertz CT molecular complexity index is 2240. The summed E-state index contributed by atoms with van der Waals surface area (Å²) in [7, 11) is 3.28. The molecule has 0 radical (unpaired) electrons. The molecule has 0 aromatic heterocycles. The standard InChI is InChI=1S/C52H50N2O8/c1-35(39-25-29-43(30-26-39)61-41-21-13-7-14-22-41)53(3)49(55)45-46(50(56)54(4)36(2)40-27-31-44(32-28-40)62-42-23-15-8-16-24-42)48(52(58)60-34-38-19-11-6-12-20-38)47(45)51(57)59-33-37-17-9-5-10-18-37/h5-32,35-36,45-48H,33-34H2,1-4H3/t35-,36-,45?,46?,47?,48?/m0/s1. The first-order valence-electron chi connectivity index (χ1n) is 20.7. The molecule has 1 fully saturated rings. The van der Waals surface area contributed by atoms with Gasteiger partial charge in [0.05, 0.1) is 35.8 Å². The van der Waals surface area contributed by atoms with Gasteiger partial charge in [0.25, 0.3) is 0 Å². The highest BCUT2D eigenvalue weighted by Crippen LogP contribution is 2.51. The number of hydrogen-bond acceptors (Lipinski definition) is 8. The molecule has 1 aliphatic rings. The predicted molar refractivity (Wildman–Crippen MR) is 235 cm³/mol. The second-order valence-electron chi connectivity index (χ2n) is 15.5. The molecule has 2 amide bonds. The SMILES string of the molecule is C[C@@H](c1ccc(Oc2ccccc2)cc1)N(C)C(=O)C1C(C(=O)OCc2ccccc2)C(C(=O)OCc2ccccc2)C1C(=O)N(C)[C@@H](C)c1ccc(Oc2ccccc2)cc1. The summed E-state index contributed by atoms with van der Waals surface area (Å²) in [6.45, 7) is 3.58. The smallest absolute Gasteiger partial charge is 0.311 e. The Morgan fingerprint density at radius 1 is 0.419 bits per heavy atom. The minimum absolute atomic E-state index is 0.0773. The number of benzene rings is 6. The van der Waals surface area contributed by atoms with Gasteiger partial charge in [-0.3, -0.25) is 19.2 Å². The summed E-state index contributed by atoms with van der Waals surface area (Å²) in [6.07, 6.45) is 0. The number of amides is 2. The Hall–Kier alpha value is -7.20. The Morgan fingerprint density at radius 3 is 1.03 bits per heavy atom. The van der Waals surface area contributed by atoms with Crippen LogP contribution in [0.3, 0.4) is 0 Å². The van der Waals surface area contributed by atoms with E-state index in [1.807, 2.05) is 184 Å². The van der Waals surface area contributed by atoms with E-state index >= 15 is 0 Å². The van der Waals surface area contributed by atoms with Crippen LogP contribution in [0.4, 0.5) is 0 Å². The summed E-state index contributed by atoms with van der Waals surface area (Å²) in [4.78, 5) is 61.4. The van der Waals surface area contributed by atoms with E-state index in [4.69, 9.17) is 18.9 Å². The molecule has 0 bridgehead atoms. The zero-order valence-corrected chi connectivity index (χ0v) is 35.2. The summed E-state index contributed by atoms with van der Waals surface area (Å²) >= 11 is 0. The molecule has 4 unspecified atom stereocenters. The molecule has 6 atom stereocenters. The fraction of sp³-hybridized carbons (Fsp3) is 0.231. The van der Waals surface area contributed by atoms with Crippen LogP contribution in [-0.4, -0.2) is 47.6 Å². The monoisotopic (exact) mass is 830 g/mol. The molecular weight excluding hydrogens is 781 g/mol. The lowest BCUT2D eigenvalue weighted by Crippen LogP contribution is -2.64.